The van der Waals surface area contributed by atoms with Crippen molar-refractivity contribution in [3.8, 4) is 22.7 Å². The molecule has 0 amide bonds. The van der Waals surface area contributed by atoms with Gasteiger partial charge in [-0.1, -0.05) is 35.9 Å². The third-order valence-electron chi connectivity index (χ3n) is 4.06. The summed E-state index contributed by atoms with van der Waals surface area (Å²) in [6.45, 7) is 0.913. The lowest BCUT2D eigenvalue weighted by atomic mass is 10.1. The molecule has 4 nitrogen and oxygen atoms in total. The SMILES string of the molecule is COc1ccccc1-n1nc(-c2cccc(Cl)c2)c2c1NCC2. The van der Waals surface area contributed by atoms with E-state index in [9.17, 15) is 0 Å². The molecule has 0 spiro atoms. The first kappa shape index (κ1) is 14.2. The number of nitrogens with one attached hydrogen (secondary N) is 1. The minimum atomic E-state index is 0.717. The van der Waals surface area contributed by atoms with Crippen molar-refractivity contribution in [1.82, 2.24) is 9.78 Å². The van der Waals surface area contributed by atoms with Gasteiger partial charge in [0, 0.05) is 22.7 Å². The van der Waals surface area contributed by atoms with E-state index in [0.29, 0.717) is 5.02 Å². The van der Waals surface area contributed by atoms with Gasteiger partial charge in [0.15, 0.2) is 0 Å². The van der Waals surface area contributed by atoms with Crippen LogP contribution in [-0.2, 0) is 6.42 Å². The summed E-state index contributed by atoms with van der Waals surface area (Å²) >= 11 is 6.15. The maximum Gasteiger partial charge on any atom is 0.144 e. The Labute approximate surface area is 139 Å². The van der Waals surface area contributed by atoms with E-state index in [4.69, 9.17) is 21.4 Å². The molecule has 1 aliphatic rings. The second-order valence-electron chi connectivity index (χ2n) is 5.45. The van der Waals surface area contributed by atoms with Gasteiger partial charge in [-0.05, 0) is 30.7 Å². The first-order chi connectivity index (χ1) is 11.3. The van der Waals surface area contributed by atoms with Crippen LogP contribution < -0.4 is 10.1 Å². The summed E-state index contributed by atoms with van der Waals surface area (Å²) in [4.78, 5) is 0. The molecule has 0 fully saturated rings. The van der Waals surface area contributed by atoms with E-state index in [0.717, 1.165) is 41.5 Å². The normalized spacial score (nSPS) is 12.8. The van der Waals surface area contributed by atoms with Gasteiger partial charge in [-0.3, -0.25) is 0 Å². The van der Waals surface area contributed by atoms with Crippen molar-refractivity contribution in [2.24, 2.45) is 0 Å². The van der Waals surface area contributed by atoms with Crippen molar-refractivity contribution in [3.05, 3.63) is 59.1 Å². The van der Waals surface area contributed by atoms with Crippen molar-refractivity contribution in [3.63, 3.8) is 0 Å². The van der Waals surface area contributed by atoms with E-state index < -0.39 is 0 Å². The van der Waals surface area contributed by atoms with Crippen LogP contribution in [0.4, 0.5) is 5.82 Å². The molecule has 0 saturated heterocycles. The molecule has 5 heteroatoms. The van der Waals surface area contributed by atoms with Gasteiger partial charge in [-0.25, -0.2) is 4.68 Å². The second kappa shape index (κ2) is 5.63. The van der Waals surface area contributed by atoms with E-state index in [2.05, 4.69) is 5.32 Å². The Bertz CT molecular complexity index is 872. The predicted molar refractivity (Wildman–Crippen MR) is 92.8 cm³/mol. The van der Waals surface area contributed by atoms with Crippen LogP contribution in [-0.4, -0.2) is 23.4 Å². The molecule has 1 N–H and O–H groups in total. The molecular formula is C18H16ClN3O. The maximum absolute atomic E-state index is 6.15. The molecule has 1 aliphatic heterocycles. The van der Waals surface area contributed by atoms with Crippen molar-refractivity contribution in [2.75, 3.05) is 19.0 Å². The van der Waals surface area contributed by atoms with Crippen molar-refractivity contribution in [2.45, 2.75) is 6.42 Å². The number of hydrogen-bond acceptors (Lipinski definition) is 3. The van der Waals surface area contributed by atoms with Crippen LogP contribution in [0.15, 0.2) is 48.5 Å². The maximum atomic E-state index is 6.15. The Morgan fingerprint density at radius 1 is 1.17 bits per heavy atom. The highest BCUT2D eigenvalue weighted by atomic mass is 35.5. The lowest BCUT2D eigenvalue weighted by Gasteiger charge is -2.10. The molecule has 4 rings (SSSR count). The topological polar surface area (TPSA) is 39.1 Å². The number of fused-ring (bicyclic) bond motifs is 1. The molecule has 0 saturated carbocycles. The number of para-hydroxylation sites is 2. The number of methoxy groups -OCH3 is 1. The fourth-order valence-electron chi connectivity index (χ4n) is 3.02. The Morgan fingerprint density at radius 2 is 2.04 bits per heavy atom. The Balaban J connectivity index is 1.92. The van der Waals surface area contributed by atoms with Crippen molar-refractivity contribution < 1.29 is 4.74 Å². The molecule has 1 aromatic heterocycles. The number of ether oxygens (including phenoxy) is 1. The van der Waals surface area contributed by atoms with Crippen LogP contribution in [0.5, 0.6) is 5.75 Å². The lowest BCUT2D eigenvalue weighted by Crippen LogP contribution is -2.05. The molecule has 0 atom stereocenters. The van der Waals surface area contributed by atoms with Crippen LogP contribution in [0.1, 0.15) is 5.56 Å². The fraction of sp³-hybridized carbons (Fsp3) is 0.167. The van der Waals surface area contributed by atoms with Gasteiger partial charge in [0.05, 0.1) is 12.8 Å². The summed E-state index contributed by atoms with van der Waals surface area (Å²) in [6, 6.07) is 15.7. The standard InChI is InChI=1S/C18H16ClN3O/c1-23-16-8-3-2-7-15(16)22-18-14(9-10-20-18)17(21-22)12-5-4-6-13(19)11-12/h2-8,11,20H,9-10H2,1H3. The van der Waals surface area contributed by atoms with Gasteiger partial charge < -0.3 is 10.1 Å². The first-order valence-corrected chi connectivity index (χ1v) is 7.91. The third kappa shape index (κ3) is 2.35. The highest BCUT2D eigenvalue weighted by Gasteiger charge is 2.25. The van der Waals surface area contributed by atoms with Crippen molar-refractivity contribution in [1.29, 1.82) is 0 Å². The molecule has 3 aromatic rings. The number of benzene rings is 2. The minimum absolute atomic E-state index is 0.717. The first-order valence-electron chi connectivity index (χ1n) is 7.53. The van der Waals surface area contributed by atoms with Gasteiger partial charge in [0.1, 0.15) is 17.3 Å². The van der Waals surface area contributed by atoms with Crippen LogP contribution >= 0.6 is 11.6 Å². The average molecular weight is 326 g/mol. The lowest BCUT2D eigenvalue weighted by molar-refractivity contribution is 0.412. The summed E-state index contributed by atoms with van der Waals surface area (Å²) in [5, 5.41) is 8.99. The number of hydrogen-bond donors (Lipinski definition) is 1. The van der Waals surface area contributed by atoms with Gasteiger partial charge in [0.2, 0.25) is 0 Å². The summed E-state index contributed by atoms with van der Waals surface area (Å²) in [5.74, 6) is 1.83. The fourth-order valence-corrected chi connectivity index (χ4v) is 3.21. The van der Waals surface area contributed by atoms with E-state index in [1.54, 1.807) is 7.11 Å². The number of halogens is 1. The number of nitrogens with zero attached hydrogens (tertiary/aromatic N) is 2. The van der Waals surface area contributed by atoms with Gasteiger partial charge >= 0.3 is 0 Å². The molecular weight excluding hydrogens is 310 g/mol. The third-order valence-corrected chi connectivity index (χ3v) is 4.30. The van der Waals surface area contributed by atoms with E-state index >= 15 is 0 Å². The summed E-state index contributed by atoms with van der Waals surface area (Å²) in [7, 11) is 1.67. The quantitative estimate of drug-likeness (QED) is 0.785. The zero-order valence-electron chi connectivity index (χ0n) is 12.7. The number of aromatic nitrogens is 2. The molecule has 0 unspecified atom stereocenters. The molecule has 2 heterocycles. The Hall–Kier alpha value is -2.46. The minimum Gasteiger partial charge on any atom is -0.494 e. The summed E-state index contributed by atoms with van der Waals surface area (Å²) in [5.41, 5.74) is 4.15. The van der Waals surface area contributed by atoms with Crippen LogP contribution in [0, 0.1) is 0 Å². The van der Waals surface area contributed by atoms with Crippen LogP contribution in [0.25, 0.3) is 16.9 Å². The molecule has 116 valence electrons. The summed E-state index contributed by atoms with van der Waals surface area (Å²) in [6.07, 6.45) is 0.951. The van der Waals surface area contributed by atoms with E-state index in [1.807, 2.05) is 53.2 Å². The number of anilines is 1. The molecule has 0 bridgehead atoms. The zero-order chi connectivity index (χ0) is 15.8. The van der Waals surface area contributed by atoms with Crippen LogP contribution in [0.2, 0.25) is 5.02 Å². The molecule has 0 aliphatic carbocycles. The summed E-state index contributed by atoms with van der Waals surface area (Å²) < 4.78 is 7.41. The van der Waals surface area contributed by atoms with E-state index in [1.165, 1.54) is 5.56 Å². The van der Waals surface area contributed by atoms with Gasteiger partial charge in [-0.15, -0.1) is 0 Å². The highest BCUT2D eigenvalue weighted by molar-refractivity contribution is 6.30. The van der Waals surface area contributed by atoms with Crippen LogP contribution in [0.3, 0.4) is 0 Å². The van der Waals surface area contributed by atoms with Crippen molar-refractivity contribution >= 4 is 17.4 Å². The molecule has 0 radical (unpaired) electrons. The molecule has 2 aromatic carbocycles. The van der Waals surface area contributed by atoms with Gasteiger partial charge in [-0.2, -0.15) is 5.10 Å². The molecule has 23 heavy (non-hydrogen) atoms. The smallest absolute Gasteiger partial charge is 0.144 e. The average Bonchev–Trinajstić information content (AvgIpc) is 3.17. The largest absolute Gasteiger partial charge is 0.494 e. The monoisotopic (exact) mass is 325 g/mol. The second-order valence-corrected chi connectivity index (χ2v) is 5.88. The number of rotatable bonds is 3. The highest BCUT2D eigenvalue weighted by Crippen LogP contribution is 2.37. The Morgan fingerprint density at radius 3 is 2.87 bits per heavy atom. The van der Waals surface area contributed by atoms with Gasteiger partial charge in [0.25, 0.3) is 0 Å². The predicted octanol–water partition coefficient (Wildman–Crippen LogP) is 4.17. The zero-order valence-corrected chi connectivity index (χ0v) is 13.5. The Kier molecular flexibility index (Phi) is 3.46. The van der Waals surface area contributed by atoms with E-state index in [-0.39, 0.29) is 0 Å².